The number of carboxylic acids is 1. The highest BCUT2D eigenvalue weighted by Gasteiger charge is 2.29. The van der Waals surface area contributed by atoms with E-state index in [-0.39, 0.29) is 12.5 Å². The SMILES string of the molecule is CC(O)(CNCCCC(=O)NC1CC1)C(=O)O. The van der Waals surface area contributed by atoms with Gasteiger partial charge in [-0.25, -0.2) is 4.79 Å². The summed E-state index contributed by atoms with van der Waals surface area (Å²) < 4.78 is 0. The van der Waals surface area contributed by atoms with Gasteiger partial charge in [0.1, 0.15) is 0 Å². The Labute approximate surface area is 100 Å². The average Bonchev–Trinajstić information content (AvgIpc) is 3.00. The molecule has 6 heteroatoms. The Bertz CT molecular complexity index is 287. The first-order valence-electron chi connectivity index (χ1n) is 5.87. The molecule has 1 unspecified atom stereocenters. The molecule has 1 amide bonds. The van der Waals surface area contributed by atoms with E-state index in [2.05, 4.69) is 10.6 Å². The summed E-state index contributed by atoms with van der Waals surface area (Å²) in [6.45, 7) is 1.73. The lowest BCUT2D eigenvalue weighted by molar-refractivity contribution is -0.156. The van der Waals surface area contributed by atoms with Crippen molar-refractivity contribution in [1.82, 2.24) is 10.6 Å². The van der Waals surface area contributed by atoms with Crippen molar-refractivity contribution in [2.45, 2.75) is 44.2 Å². The predicted octanol–water partition coefficient (Wildman–Crippen LogP) is -0.530. The van der Waals surface area contributed by atoms with Gasteiger partial charge in [0.25, 0.3) is 0 Å². The molecule has 0 aromatic carbocycles. The molecule has 0 aromatic rings. The molecule has 0 saturated heterocycles. The third-order valence-electron chi connectivity index (χ3n) is 2.63. The first-order valence-corrected chi connectivity index (χ1v) is 5.87. The summed E-state index contributed by atoms with van der Waals surface area (Å²) in [7, 11) is 0. The molecule has 1 aliphatic rings. The zero-order valence-electron chi connectivity index (χ0n) is 10.0. The minimum atomic E-state index is -1.75. The highest BCUT2D eigenvalue weighted by molar-refractivity contribution is 5.77. The van der Waals surface area contributed by atoms with E-state index in [1.807, 2.05) is 0 Å². The Hall–Kier alpha value is -1.14. The quantitative estimate of drug-likeness (QED) is 0.430. The van der Waals surface area contributed by atoms with E-state index in [4.69, 9.17) is 5.11 Å². The zero-order valence-corrected chi connectivity index (χ0v) is 10.0. The van der Waals surface area contributed by atoms with Crippen LogP contribution in [0.1, 0.15) is 32.6 Å². The zero-order chi connectivity index (χ0) is 12.9. The van der Waals surface area contributed by atoms with Crippen molar-refractivity contribution < 1.29 is 19.8 Å². The van der Waals surface area contributed by atoms with Crippen LogP contribution in [0.3, 0.4) is 0 Å². The number of hydrogen-bond donors (Lipinski definition) is 4. The molecule has 1 saturated carbocycles. The van der Waals surface area contributed by atoms with Crippen LogP contribution in [0, 0.1) is 0 Å². The normalized spacial score (nSPS) is 18.5. The fourth-order valence-electron chi connectivity index (χ4n) is 1.31. The number of carbonyl (C=O) groups is 2. The van der Waals surface area contributed by atoms with Gasteiger partial charge in [-0.1, -0.05) is 0 Å². The van der Waals surface area contributed by atoms with Crippen LogP contribution in [0.2, 0.25) is 0 Å². The lowest BCUT2D eigenvalue weighted by Crippen LogP contribution is -2.45. The first kappa shape index (κ1) is 13.9. The molecule has 1 aliphatic carbocycles. The molecule has 1 fully saturated rings. The second kappa shape index (κ2) is 5.97. The van der Waals surface area contributed by atoms with E-state index in [0.717, 1.165) is 12.8 Å². The van der Waals surface area contributed by atoms with Gasteiger partial charge < -0.3 is 20.8 Å². The van der Waals surface area contributed by atoms with Crippen LogP contribution in [-0.2, 0) is 9.59 Å². The van der Waals surface area contributed by atoms with Crippen LogP contribution in [0.4, 0.5) is 0 Å². The Morgan fingerprint density at radius 1 is 1.41 bits per heavy atom. The summed E-state index contributed by atoms with van der Waals surface area (Å²) in [4.78, 5) is 21.8. The van der Waals surface area contributed by atoms with E-state index >= 15 is 0 Å². The van der Waals surface area contributed by atoms with Crippen molar-refractivity contribution in [3.8, 4) is 0 Å². The molecule has 4 N–H and O–H groups in total. The second-order valence-electron chi connectivity index (χ2n) is 4.70. The Kier molecular flexibility index (Phi) is 4.89. The predicted molar refractivity (Wildman–Crippen MR) is 61.5 cm³/mol. The summed E-state index contributed by atoms with van der Waals surface area (Å²) in [6.07, 6.45) is 3.21. The monoisotopic (exact) mass is 244 g/mol. The van der Waals surface area contributed by atoms with Crippen LogP contribution in [0.15, 0.2) is 0 Å². The van der Waals surface area contributed by atoms with Gasteiger partial charge in [-0.05, 0) is 32.7 Å². The number of amides is 1. The number of aliphatic hydroxyl groups is 1. The summed E-state index contributed by atoms with van der Waals surface area (Å²) in [5, 5.41) is 23.7. The number of aliphatic carboxylic acids is 1. The van der Waals surface area contributed by atoms with Crippen LogP contribution in [-0.4, -0.2) is 46.8 Å². The van der Waals surface area contributed by atoms with Crippen LogP contribution >= 0.6 is 0 Å². The molecule has 0 aliphatic heterocycles. The van der Waals surface area contributed by atoms with Gasteiger partial charge in [-0.3, -0.25) is 4.79 Å². The molecule has 0 aromatic heterocycles. The summed E-state index contributed by atoms with van der Waals surface area (Å²) >= 11 is 0. The van der Waals surface area contributed by atoms with Gasteiger partial charge in [-0.2, -0.15) is 0 Å². The second-order valence-corrected chi connectivity index (χ2v) is 4.70. The standard InChI is InChI=1S/C11H20N2O4/c1-11(17,10(15)16)7-12-6-2-3-9(14)13-8-4-5-8/h8,12,17H,2-7H2,1H3,(H,13,14)(H,15,16). The number of rotatable bonds is 8. The van der Waals surface area contributed by atoms with E-state index < -0.39 is 11.6 Å². The van der Waals surface area contributed by atoms with Crippen molar-refractivity contribution in [2.75, 3.05) is 13.1 Å². The lowest BCUT2D eigenvalue weighted by atomic mass is 10.1. The third-order valence-corrected chi connectivity index (χ3v) is 2.63. The van der Waals surface area contributed by atoms with Crippen LogP contribution in [0.25, 0.3) is 0 Å². The van der Waals surface area contributed by atoms with Crippen molar-refractivity contribution in [3.63, 3.8) is 0 Å². The van der Waals surface area contributed by atoms with Gasteiger partial charge in [-0.15, -0.1) is 0 Å². The number of carbonyl (C=O) groups excluding carboxylic acids is 1. The molecule has 17 heavy (non-hydrogen) atoms. The number of hydrogen-bond acceptors (Lipinski definition) is 4. The van der Waals surface area contributed by atoms with Crippen LogP contribution in [0.5, 0.6) is 0 Å². The van der Waals surface area contributed by atoms with Gasteiger partial charge in [0.2, 0.25) is 5.91 Å². The molecular formula is C11H20N2O4. The minimum absolute atomic E-state index is 0.0213. The molecule has 0 radical (unpaired) electrons. The van der Waals surface area contributed by atoms with E-state index in [9.17, 15) is 14.7 Å². The summed E-state index contributed by atoms with van der Waals surface area (Å²) in [6, 6.07) is 0.378. The molecule has 98 valence electrons. The smallest absolute Gasteiger partial charge is 0.336 e. The maximum Gasteiger partial charge on any atom is 0.336 e. The highest BCUT2D eigenvalue weighted by Crippen LogP contribution is 2.18. The molecule has 6 nitrogen and oxygen atoms in total. The fraction of sp³-hybridized carbons (Fsp3) is 0.818. The maximum absolute atomic E-state index is 11.3. The molecule has 0 bridgehead atoms. The van der Waals surface area contributed by atoms with E-state index in [1.165, 1.54) is 6.92 Å². The van der Waals surface area contributed by atoms with E-state index in [0.29, 0.717) is 25.4 Å². The number of nitrogens with one attached hydrogen (secondary N) is 2. The topological polar surface area (TPSA) is 98.7 Å². The fourth-order valence-corrected chi connectivity index (χ4v) is 1.31. The lowest BCUT2D eigenvalue weighted by Gasteiger charge is -2.18. The molecule has 1 rings (SSSR count). The minimum Gasteiger partial charge on any atom is -0.479 e. The van der Waals surface area contributed by atoms with Crippen molar-refractivity contribution >= 4 is 11.9 Å². The van der Waals surface area contributed by atoms with Gasteiger partial charge >= 0.3 is 5.97 Å². The molecule has 0 spiro atoms. The third kappa shape index (κ3) is 5.65. The maximum atomic E-state index is 11.3. The first-order chi connectivity index (χ1) is 7.92. The number of carboxylic acid groups (broad SMARTS) is 1. The Morgan fingerprint density at radius 3 is 2.59 bits per heavy atom. The van der Waals surface area contributed by atoms with Gasteiger partial charge in [0.15, 0.2) is 5.60 Å². The van der Waals surface area contributed by atoms with Crippen molar-refractivity contribution in [1.29, 1.82) is 0 Å². The van der Waals surface area contributed by atoms with E-state index in [1.54, 1.807) is 0 Å². The molecule has 1 atom stereocenters. The highest BCUT2D eigenvalue weighted by atomic mass is 16.4. The van der Waals surface area contributed by atoms with Crippen molar-refractivity contribution in [3.05, 3.63) is 0 Å². The van der Waals surface area contributed by atoms with Gasteiger partial charge in [0, 0.05) is 19.0 Å². The summed E-state index contributed by atoms with van der Waals surface area (Å²) in [5.41, 5.74) is -1.75. The largest absolute Gasteiger partial charge is 0.479 e. The average molecular weight is 244 g/mol. The Balaban J connectivity index is 2.00. The van der Waals surface area contributed by atoms with Gasteiger partial charge in [0.05, 0.1) is 0 Å². The van der Waals surface area contributed by atoms with Crippen molar-refractivity contribution in [2.24, 2.45) is 0 Å². The summed E-state index contributed by atoms with van der Waals surface area (Å²) in [5.74, 6) is -1.21. The van der Waals surface area contributed by atoms with Crippen LogP contribution < -0.4 is 10.6 Å². The Morgan fingerprint density at radius 2 is 2.06 bits per heavy atom. The molecule has 0 heterocycles. The molecular weight excluding hydrogens is 224 g/mol.